The van der Waals surface area contributed by atoms with Crippen LogP contribution in [0.1, 0.15) is 12.5 Å². The summed E-state index contributed by atoms with van der Waals surface area (Å²) < 4.78 is 38.4. The summed E-state index contributed by atoms with van der Waals surface area (Å²) in [6, 6.07) is 7.06. The molecule has 1 aromatic rings. The molecule has 0 amide bonds. The number of aliphatic hydroxyl groups is 2. The van der Waals surface area contributed by atoms with E-state index in [1.807, 2.05) is 0 Å². The molecule has 0 bridgehead atoms. The third kappa shape index (κ3) is 2.12. The highest BCUT2D eigenvalue weighted by Gasteiger charge is 2.51. The zero-order valence-electron chi connectivity index (χ0n) is 13.0. The van der Waals surface area contributed by atoms with Crippen molar-refractivity contribution in [3.63, 3.8) is 0 Å². The number of thioether (sulfide) groups is 1. The van der Waals surface area contributed by atoms with Gasteiger partial charge in [-0.05, 0) is 19.1 Å². The molecule has 1 aromatic carbocycles. The van der Waals surface area contributed by atoms with Gasteiger partial charge in [-0.15, -0.1) is 0 Å². The summed E-state index contributed by atoms with van der Waals surface area (Å²) >= 11 is 0.978. The average molecular weight is 371 g/mol. The molecule has 3 aliphatic heterocycles. The number of anilines is 1. The predicted molar refractivity (Wildman–Crippen MR) is 89.5 cm³/mol. The Morgan fingerprint density at radius 3 is 2.67 bits per heavy atom. The van der Waals surface area contributed by atoms with Crippen molar-refractivity contribution in [1.29, 1.82) is 0 Å². The van der Waals surface area contributed by atoms with E-state index in [1.165, 1.54) is 11.4 Å². The Kier molecular flexibility index (Phi) is 3.63. The van der Waals surface area contributed by atoms with E-state index in [9.17, 15) is 18.6 Å². The Bertz CT molecular complexity index is 823. The van der Waals surface area contributed by atoms with E-state index >= 15 is 0 Å². The van der Waals surface area contributed by atoms with Crippen molar-refractivity contribution in [2.45, 2.75) is 36.8 Å². The van der Waals surface area contributed by atoms with Crippen LogP contribution in [0, 0.1) is 0 Å². The van der Waals surface area contributed by atoms with Crippen molar-refractivity contribution in [3.8, 4) is 0 Å². The SMILES string of the molecule is CC1OC2OC3=C(SC2C(O)C1O)S(=O)(=O)N(C)c1ccccc13. The first-order chi connectivity index (χ1) is 11.3. The fraction of sp³-hybridized carbons (Fsp3) is 0.467. The van der Waals surface area contributed by atoms with E-state index in [4.69, 9.17) is 9.47 Å². The van der Waals surface area contributed by atoms with Gasteiger partial charge in [-0.2, -0.15) is 0 Å². The number of hydrogen-bond acceptors (Lipinski definition) is 7. The Morgan fingerprint density at radius 2 is 1.92 bits per heavy atom. The van der Waals surface area contributed by atoms with E-state index in [1.54, 1.807) is 31.2 Å². The van der Waals surface area contributed by atoms with Crippen molar-refractivity contribution >= 4 is 33.2 Å². The topological polar surface area (TPSA) is 96.3 Å². The molecule has 5 unspecified atom stereocenters. The van der Waals surface area contributed by atoms with Crippen LogP contribution in [-0.4, -0.2) is 55.5 Å². The van der Waals surface area contributed by atoms with Crippen LogP contribution in [0.25, 0.3) is 5.76 Å². The van der Waals surface area contributed by atoms with Crippen molar-refractivity contribution in [2.75, 3.05) is 11.4 Å². The molecule has 24 heavy (non-hydrogen) atoms. The van der Waals surface area contributed by atoms with Gasteiger partial charge >= 0.3 is 0 Å². The van der Waals surface area contributed by atoms with Gasteiger partial charge in [-0.1, -0.05) is 23.9 Å². The number of sulfonamides is 1. The van der Waals surface area contributed by atoms with E-state index in [2.05, 4.69) is 0 Å². The van der Waals surface area contributed by atoms with Gasteiger partial charge in [-0.25, -0.2) is 8.42 Å². The first kappa shape index (κ1) is 16.2. The third-order valence-electron chi connectivity index (χ3n) is 4.53. The van der Waals surface area contributed by atoms with Gasteiger partial charge in [0.15, 0.2) is 10.00 Å². The largest absolute Gasteiger partial charge is 0.461 e. The number of rotatable bonds is 0. The molecule has 0 aliphatic carbocycles. The van der Waals surface area contributed by atoms with Crippen molar-refractivity contribution in [2.24, 2.45) is 0 Å². The summed E-state index contributed by atoms with van der Waals surface area (Å²) in [7, 11) is -2.30. The molecule has 9 heteroatoms. The molecule has 130 valence electrons. The lowest BCUT2D eigenvalue weighted by Crippen LogP contribution is -2.57. The minimum Gasteiger partial charge on any atom is -0.461 e. The van der Waals surface area contributed by atoms with Gasteiger partial charge in [-0.3, -0.25) is 4.31 Å². The summed E-state index contributed by atoms with van der Waals surface area (Å²) in [5.74, 6) is 0.241. The normalized spacial score (nSPS) is 37.2. The van der Waals surface area contributed by atoms with E-state index in [0.29, 0.717) is 11.3 Å². The Labute approximate surface area is 143 Å². The van der Waals surface area contributed by atoms with E-state index in [-0.39, 0.29) is 10.00 Å². The maximum atomic E-state index is 12.8. The van der Waals surface area contributed by atoms with Gasteiger partial charge in [0.2, 0.25) is 6.29 Å². The summed E-state index contributed by atoms with van der Waals surface area (Å²) in [4.78, 5) is 0. The number of benzene rings is 1. The highest BCUT2D eigenvalue weighted by molar-refractivity contribution is 8.19. The molecule has 2 N–H and O–H groups in total. The quantitative estimate of drug-likeness (QED) is 0.693. The number of ether oxygens (including phenoxy) is 2. The number of aliphatic hydroxyl groups excluding tert-OH is 2. The molecular formula is C15H17NO6S2. The fourth-order valence-corrected chi connectivity index (χ4v) is 6.37. The van der Waals surface area contributed by atoms with Crippen molar-refractivity contribution in [1.82, 2.24) is 0 Å². The number of nitrogens with zero attached hydrogens (tertiary/aromatic N) is 1. The van der Waals surface area contributed by atoms with Gasteiger partial charge in [0.05, 0.1) is 11.8 Å². The monoisotopic (exact) mass is 371 g/mol. The molecule has 7 nitrogen and oxygen atoms in total. The zero-order chi connectivity index (χ0) is 17.2. The van der Waals surface area contributed by atoms with E-state index < -0.39 is 39.9 Å². The lowest BCUT2D eigenvalue weighted by Gasteiger charge is -2.45. The molecule has 0 radical (unpaired) electrons. The van der Waals surface area contributed by atoms with Gasteiger partial charge in [0.1, 0.15) is 17.5 Å². The van der Waals surface area contributed by atoms with Crippen LogP contribution in [0.5, 0.6) is 0 Å². The predicted octanol–water partition coefficient (Wildman–Crippen LogP) is 0.691. The van der Waals surface area contributed by atoms with Crippen LogP contribution in [-0.2, 0) is 19.5 Å². The van der Waals surface area contributed by atoms with Gasteiger partial charge in [0.25, 0.3) is 10.0 Å². The van der Waals surface area contributed by atoms with Gasteiger partial charge in [0, 0.05) is 12.6 Å². The standard InChI is InChI=1S/C15H17NO6S2/c1-7-10(17)11(18)13-14(21-7)22-12-8-5-3-4-6-9(8)16(2)24(19,20)15(12)23-13/h3-7,10-11,13-14,17-18H,1-2H3. The molecule has 3 heterocycles. The summed E-state index contributed by atoms with van der Waals surface area (Å²) in [6.07, 6.45) is -3.67. The maximum absolute atomic E-state index is 12.8. The zero-order valence-corrected chi connectivity index (χ0v) is 14.6. The fourth-order valence-electron chi connectivity index (χ4n) is 3.11. The summed E-state index contributed by atoms with van der Waals surface area (Å²) in [5.41, 5.74) is 1.19. The van der Waals surface area contributed by atoms with Crippen LogP contribution < -0.4 is 4.31 Å². The smallest absolute Gasteiger partial charge is 0.273 e. The highest BCUT2D eigenvalue weighted by atomic mass is 32.3. The molecule has 4 rings (SSSR count). The van der Waals surface area contributed by atoms with Crippen LogP contribution in [0.2, 0.25) is 0 Å². The second-order valence-electron chi connectivity index (χ2n) is 6.00. The molecule has 1 fully saturated rings. The number of hydrogen-bond donors (Lipinski definition) is 2. The molecule has 3 aliphatic rings. The Balaban J connectivity index is 1.85. The molecule has 0 aromatic heterocycles. The average Bonchev–Trinajstić information content (AvgIpc) is 2.57. The van der Waals surface area contributed by atoms with Crippen LogP contribution in [0.15, 0.2) is 28.5 Å². The van der Waals surface area contributed by atoms with Crippen molar-refractivity contribution in [3.05, 3.63) is 34.1 Å². The molecular weight excluding hydrogens is 354 g/mol. The molecule has 5 atom stereocenters. The minimum absolute atomic E-state index is 0.0364. The first-order valence-corrected chi connectivity index (χ1v) is 9.82. The lowest BCUT2D eigenvalue weighted by molar-refractivity contribution is -0.220. The molecule has 0 saturated carbocycles. The van der Waals surface area contributed by atoms with Crippen LogP contribution in [0.3, 0.4) is 0 Å². The Morgan fingerprint density at radius 1 is 1.21 bits per heavy atom. The molecule has 0 spiro atoms. The van der Waals surface area contributed by atoms with Crippen molar-refractivity contribution < 1.29 is 28.1 Å². The minimum atomic E-state index is -3.78. The highest BCUT2D eigenvalue weighted by Crippen LogP contribution is 2.51. The summed E-state index contributed by atoms with van der Waals surface area (Å²) in [6.45, 7) is 1.64. The molecule has 1 saturated heterocycles. The number of fused-ring (bicyclic) bond motifs is 3. The first-order valence-electron chi connectivity index (χ1n) is 7.50. The van der Waals surface area contributed by atoms with Crippen LogP contribution >= 0.6 is 11.8 Å². The van der Waals surface area contributed by atoms with E-state index in [0.717, 1.165) is 11.8 Å². The number of para-hydroxylation sites is 1. The summed E-state index contributed by atoms with van der Waals surface area (Å²) in [5, 5.41) is 19.6. The maximum Gasteiger partial charge on any atom is 0.273 e. The van der Waals surface area contributed by atoms with Gasteiger partial charge < -0.3 is 19.7 Å². The van der Waals surface area contributed by atoms with Crippen LogP contribution in [0.4, 0.5) is 5.69 Å². The lowest BCUT2D eigenvalue weighted by atomic mass is 10.0. The Hall–Kier alpha value is -1.26. The second kappa shape index (κ2) is 5.37. The second-order valence-corrected chi connectivity index (χ2v) is 9.35. The third-order valence-corrected chi connectivity index (χ3v) is 8.19.